The maximum absolute atomic E-state index is 13.2. The van der Waals surface area contributed by atoms with Crippen LogP contribution in [0, 0.1) is 5.41 Å². The molecule has 1 aromatic heterocycles. The zero-order chi connectivity index (χ0) is 23.2. The molecule has 0 bridgehead atoms. The number of anilines is 4. The Labute approximate surface area is 192 Å². The van der Waals surface area contributed by atoms with Crippen molar-refractivity contribution in [3.05, 3.63) is 78.6 Å². The van der Waals surface area contributed by atoms with Gasteiger partial charge in [-0.05, 0) is 53.9 Å². The van der Waals surface area contributed by atoms with Gasteiger partial charge in [0.1, 0.15) is 5.84 Å². The molecular weight excluding hydrogens is 438 g/mol. The fourth-order valence-electron chi connectivity index (χ4n) is 3.90. The summed E-state index contributed by atoms with van der Waals surface area (Å²) in [4.78, 5) is 3.98. The molecule has 0 amide bonds. The molecule has 4 aromatic rings. The molecule has 0 atom stereocenters. The van der Waals surface area contributed by atoms with Crippen LogP contribution in [0.25, 0.3) is 10.8 Å². The quantitative estimate of drug-likeness (QED) is 0.404. The first-order valence-electron chi connectivity index (χ1n) is 10.3. The van der Waals surface area contributed by atoms with E-state index in [1.54, 1.807) is 53.6 Å². The molecule has 1 aliphatic heterocycles. The average molecular weight is 462 g/mol. The Morgan fingerprint density at radius 1 is 1.06 bits per heavy atom. The minimum Gasteiger partial charge on any atom is -0.448 e. The summed E-state index contributed by atoms with van der Waals surface area (Å²) >= 11 is 0. The molecule has 0 saturated heterocycles. The average Bonchev–Trinajstić information content (AvgIpc) is 3.29. The van der Waals surface area contributed by atoms with Gasteiger partial charge in [-0.3, -0.25) is 10.1 Å². The van der Waals surface area contributed by atoms with E-state index in [9.17, 15) is 8.42 Å². The Balaban J connectivity index is 1.40. The highest BCUT2D eigenvalue weighted by Gasteiger charge is 2.24. The third-order valence-electron chi connectivity index (χ3n) is 5.65. The summed E-state index contributed by atoms with van der Waals surface area (Å²) < 4.78 is 34.4. The van der Waals surface area contributed by atoms with Crippen LogP contribution in [0.1, 0.15) is 5.56 Å². The van der Waals surface area contributed by atoms with Crippen molar-refractivity contribution in [3.8, 4) is 0 Å². The number of sulfonamides is 1. The molecule has 5 rings (SSSR count). The summed E-state index contributed by atoms with van der Waals surface area (Å²) in [5.74, 6) is 0.895. The van der Waals surface area contributed by atoms with Gasteiger partial charge in [0.2, 0.25) is 5.88 Å². The van der Waals surface area contributed by atoms with Gasteiger partial charge in [-0.25, -0.2) is 8.42 Å². The van der Waals surface area contributed by atoms with Crippen LogP contribution in [-0.2, 0) is 10.0 Å². The molecule has 33 heavy (non-hydrogen) atoms. The van der Waals surface area contributed by atoms with Crippen LogP contribution < -0.4 is 19.8 Å². The van der Waals surface area contributed by atoms with Gasteiger partial charge in [0.25, 0.3) is 10.0 Å². The van der Waals surface area contributed by atoms with Crippen LogP contribution in [0.5, 0.6) is 0 Å². The largest absolute Gasteiger partial charge is 0.448 e. The molecule has 0 unspecified atom stereocenters. The standard InChI is InChI=1S/C24H23N5O3S/c1-28(2)19-10-11-20-16(14-19)4-3-5-22(20)33(30,31)27-17-6-8-18(9-7-17)29-15-26-24-21(23(29)25)12-13-32-24/h3-14,25-27H,15H2,1-2H3. The van der Waals surface area contributed by atoms with Crippen LogP contribution in [-0.4, -0.2) is 35.0 Å². The molecule has 0 fully saturated rings. The van der Waals surface area contributed by atoms with Gasteiger partial charge in [-0.2, -0.15) is 0 Å². The summed E-state index contributed by atoms with van der Waals surface area (Å²) in [6.07, 6.45) is 1.54. The minimum atomic E-state index is -3.80. The van der Waals surface area contributed by atoms with Gasteiger partial charge >= 0.3 is 0 Å². The predicted octanol–water partition coefficient (Wildman–Crippen LogP) is 4.51. The van der Waals surface area contributed by atoms with Gasteiger partial charge in [0.05, 0.1) is 23.4 Å². The number of hydrogen-bond acceptors (Lipinski definition) is 6. The molecule has 0 spiro atoms. The smallest absolute Gasteiger partial charge is 0.262 e. The van der Waals surface area contributed by atoms with E-state index < -0.39 is 10.0 Å². The Morgan fingerprint density at radius 3 is 2.61 bits per heavy atom. The number of amidine groups is 1. The summed E-state index contributed by atoms with van der Waals surface area (Å²) in [5, 5.41) is 13.1. The maximum Gasteiger partial charge on any atom is 0.262 e. The SMILES string of the molecule is CN(C)c1ccc2c(S(=O)(=O)Nc3ccc(N4CNc5occc5C4=N)cc3)cccc2c1. The fraction of sp³-hybridized carbons (Fsp3) is 0.125. The highest BCUT2D eigenvalue weighted by atomic mass is 32.2. The topological polar surface area (TPSA) is 102 Å². The van der Waals surface area contributed by atoms with E-state index in [2.05, 4.69) is 10.0 Å². The lowest BCUT2D eigenvalue weighted by molar-refractivity contribution is 0.577. The second kappa shape index (κ2) is 7.86. The van der Waals surface area contributed by atoms with Crippen molar-refractivity contribution >= 4 is 49.6 Å². The van der Waals surface area contributed by atoms with Crippen LogP contribution >= 0.6 is 0 Å². The molecule has 0 radical (unpaired) electrons. The van der Waals surface area contributed by atoms with E-state index in [0.29, 0.717) is 35.0 Å². The summed E-state index contributed by atoms with van der Waals surface area (Å²) in [6.45, 7) is 0.384. The van der Waals surface area contributed by atoms with Gasteiger partial charge < -0.3 is 19.5 Å². The van der Waals surface area contributed by atoms with Crippen molar-refractivity contribution in [1.82, 2.24) is 0 Å². The molecule has 0 aliphatic carbocycles. The van der Waals surface area contributed by atoms with Crippen molar-refractivity contribution in [2.75, 3.05) is 40.6 Å². The molecular formula is C24H23N5O3S. The molecule has 9 heteroatoms. The fourth-order valence-corrected chi connectivity index (χ4v) is 5.19. The van der Waals surface area contributed by atoms with Crippen molar-refractivity contribution in [2.24, 2.45) is 0 Å². The number of furan rings is 1. The van der Waals surface area contributed by atoms with Crippen molar-refractivity contribution < 1.29 is 12.8 Å². The third kappa shape index (κ3) is 3.76. The van der Waals surface area contributed by atoms with Crippen molar-refractivity contribution in [3.63, 3.8) is 0 Å². The van der Waals surface area contributed by atoms with Gasteiger partial charge in [-0.15, -0.1) is 0 Å². The highest BCUT2D eigenvalue weighted by Crippen LogP contribution is 2.30. The molecule has 3 aromatic carbocycles. The molecule has 8 nitrogen and oxygen atoms in total. The lowest BCUT2D eigenvalue weighted by Gasteiger charge is -2.29. The number of hydrogen-bond donors (Lipinski definition) is 3. The third-order valence-corrected chi connectivity index (χ3v) is 7.09. The number of nitrogens with zero attached hydrogens (tertiary/aromatic N) is 2. The van der Waals surface area contributed by atoms with E-state index in [0.717, 1.165) is 16.8 Å². The monoisotopic (exact) mass is 461 g/mol. The van der Waals surface area contributed by atoms with E-state index >= 15 is 0 Å². The van der Waals surface area contributed by atoms with E-state index in [-0.39, 0.29) is 4.90 Å². The van der Waals surface area contributed by atoms with Gasteiger partial charge in [-0.1, -0.05) is 18.2 Å². The number of benzene rings is 3. The maximum atomic E-state index is 13.2. The van der Waals surface area contributed by atoms with Crippen molar-refractivity contribution in [2.45, 2.75) is 4.90 Å². The minimum absolute atomic E-state index is 0.226. The van der Waals surface area contributed by atoms with E-state index in [4.69, 9.17) is 9.83 Å². The van der Waals surface area contributed by atoms with Gasteiger partial charge in [0.15, 0.2) is 0 Å². The Kier molecular flexibility index (Phi) is 4.98. The van der Waals surface area contributed by atoms with E-state index in [1.165, 1.54) is 0 Å². The van der Waals surface area contributed by atoms with Crippen LogP contribution in [0.15, 0.2) is 82.3 Å². The van der Waals surface area contributed by atoms with Gasteiger partial charge in [0, 0.05) is 36.5 Å². The summed E-state index contributed by atoms with van der Waals surface area (Å²) in [6, 6.07) is 19.7. The van der Waals surface area contributed by atoms with Crippen LogP contribution in [0.2, 0.25) is 0 Å². The molecule has 168 valence electrons. The first-order valence-corrected chi connectivity index (χ1v) is 11.8. The molecule has 2 heterocycles. The second-order valence-electron chi connectivity index (χ2n) is 7.98. The zero-order valence-electron chi connectivity index (χ0n) is 18.2. The van der Waals surface area contributed by atoms with Crippen LogP contribution in [0.4, 0.5) is 22.9 Å². The first-order chi connectivity index (χ1) is 15.8. The van der Waals surface area contributed by atoms with E-state index in [1.807, 2.05) is 43.3 Å². The number of fused-ring (bicyclic) bond motifs is 2. The highest BCUT2D eigenvalue weighted by molar-refractivity contribution is 7.93. The summed E-state index contributed by atoms with van der Waals surface area (Å²) in [5.41, 5.74) is 2.89. The normalized spacial score (nSPS) is 13.5. The number of nitrogens with one attached hydrogen (secondary N) is 3. The Morgan fingerprint density at radius 2 is 1.85 bits per heavy atom. The Bertz CT molecular complexity index is 1460. The van der Waals surface area contributed by atoms with Crippen LogP contribution in [0.3, 0.4) is 0 Å². The lowest BCUT2D eigenvalue weighted by Crippen LogP contribution is -2.39. The predicted molar refractivity (Wildman–Crippen MR) is 132 cm³/mol. The second-order valence-corrected chi connectivity index (χ2v) is 9.63. The summed E-state index contributed by atoms with van der Waals surface area (Å²) in [7, 11) is 0.0956. The number of rotatable bonds is 5. The first kappa shape index (κ1) is 20.9. The zero-order valence-corrected chi connectivity index (χ0v) is 19.0. The Hall–Kier alpha value is -3.98. The lowest BCUT2D eigenvalue weighted by atomic mass is 10.1. The molecule has 0 saturated carbocycles. The molecule has 3 N–H and O–H groups in total. The molecule has 1 aliphatic rings. The van der Waals surface area contributed by atoms with Crippen molar-refractivity contribution in [1.29, 1.82) is 5.41 Å².